The third-order valence-electron chi connectivity index (χ3n) is 4.58. The summed E-state index contributed by atoms with van der Waals surface area (Å²) in [7, 11) is 1.45. The van der Waals surface area contributed by atoms with E-state index in [0.717, 1.165) is 10.4 Å². The molecule has 1 N–H and O–H groups in total. The van der Waals surface area contributed by atoms with E-state index in [1.807, 2.05) is 18.2 Å². The second kappa shape index (κ2) is 4.55. The van der Waals surface area contributed by atoms with Gasteiger partial charge in [0.2, 0.25) is 0 Å². The van der Waals surface area contributed by atoms with Crippen LogP contribution < -0.4 is 5.32 Å². The fourth-order valence-corrected chi connectivity index (χ4v) is 3.28. The number of pyridine rings is 1. The van der Waals surface area contributed by atoms with Crippen molar-refractivity contribution in [2.75, 3.05) is 20.1 Å². The number of carbonyl (C=O) groups is 3. The van der Waals surface area contributed by atoms with Crippen molar-refractivity contribution in [2.45, 2.75) is 12.0 Å². The van der Waals surface area contributed by atoms with Gasteiger partial charge in [0, 0.05) is 19.8 Å². The number of rotatable bonds is 1. The van der Waals surface area contributed by atoms with Gasteiger partial charge in [0.05, 0.1) is 23.8 Å². The van der Waals surface area contributed by atoms with Gasteiger partial charge in [-0.3, -0.25) is 14.5 Å². The van der Waals surface area contributed by atoms with Crippen LogP contribution in [0.5, 0.6) is 0 Å². The smallest absolute Gasteiger partial charge is 0.324 e. The number of nitrogens with one attached hydrogen (secondary N) is 1. The molecule has 0 saturated carbocycles. The van der Waals surface area contributed by atoms with E-state index in [2.05, 4.69) is 10.4 Å². The van der Waals surface area contributed by atoms with E-state index in [1.54, 1.807) is 15.6 Å². The molecule has 2 aromatic heterocycles. The van der Waals surface area contributed by atoms with Crippen molar-refractivity contribution < 1.29 is 14.4 Å². The van der Waals surface area contributed by atoms with Gasteiger partial charge in [-0.25, -0.2) is 9.31 Å². The first-order valence-corrected chi connectivity index (χ1v) is 7.34. The van der Waals surface area contributed by atoms with E-state index in [-0.39, 0.29) is 18.4 Å². The van der Waals surface area contributed by atoms with Crippen molar-refractivity contribution in [3.8, 4) is 0 Å². The third kappa shape index (κ3) is 1.84. The second-order valence-corrected chi connectivity index (χ2v) is 5.94. The topological polar surface area (TPSA) is 87.0 Å². The first-order valence-electron chi connectivity index (χ1n) is 7.34. The molecule has 4 amide bonds. The molecule has 118 valence electrons. The van der Waals surface area contributed by atoms with Crippen molar-refractivity contribution in [1.82, 2.24) is 24.7 Å². The molecule has 4 rings (SSSR count). The zero-order valence-corrected chi connectivity index (χ0v) is 12.5. The highest BCUT2D eigenvalue weighted by Gasteiger charge is 2.54. The third-order valence-corrected chi connectivity index (χ3v) is 4.58. The fourth-order valence-electron chi connectivity index (χ4n) is 3.28. The lowest BCUT2D eigenvalue weighted by atomic mass is 9.99. The molecule has 2 fully saturated rings. The summed E-state index contributed by atoms with van der Waals surface area (Å²) >= 11 is 0. The van der Waals surface area contributed by atoms with Crippen molar-refractivity contribution in [3.63, 3.8) is 0 Å². The van der Waals surface area contributed by atoms with Crippen molar-refractivity contribution >= 4 is 23.4 Å². The lowest BCUT2D eigenvalue weighted by Crippen LogP contribution is -2.49. The van der Waals surface area contributed by atoms with Gasteiger partial charge in [0.15, 0.2) is 0 Å². The summed E-state index contributed by atoms with van der Waals surface area (Å²) < 4.78 is 1.63. The maximum Gasteiger partial charge on any atom is 0.324 e. The number of amides is 4. The van der Waals surface area contributed by atoms with Crippen LogP contribution in [0.25, 0.3) is 5.52 Å². The van der Waals surface area contributed by atoms with E-state index in [0.29, 0.717) is 18.5 Å². The van der Waals surface area contributed by atoms with Crippen LogP contribution in [0.15, 0.2) is 30.6 Å². The standard InChI is InChI=1S/C15H15N5O3/c1-18-13(22)15(17-14(18)23)5-7-19(9-15)12(21)10-8-16-20-6-3-2-4-11(10)20/h2-4,6,8H,5,7,9H2,1H3,(H,17,23). The lowest BCUT2D eigenvalue weighted by molar-refractivity contribution is -0.129. The predicted octanol–water partition coefficient (Wildman–Crippen LogP) is 0.101. The Kier molecular flexibility index (Phi) is 2.72. The highest BCUT2D eigenvalue weighted by atomic mass is 16.2. The Bertz CT molecular complexity index is 845. The summed E-state index contributed by atoms with van der Waals surface area (Å²) in [4.78, 5) is 39.4. The zero-order chi connectivity index (χ0) is 16.2. The normalized spacial score (nSPS) is 24.0. The highest BCUT2D eigenvalue weighted by Crippen LogP contribution is 2.29. The molecular weight excluding hydrogens is 298 g/mol. The molecule has 0 aromatic carbocycles. The van der Waals surface area contributed by atoms with Crippen molar-refractivity contribution in [1.29, 1.82) is 0 Å². The summed E-state index contributed by atoms with van der Waals surface area (Å²) in [5, 5.41) is 6.88. The van der Waals surface area contributed by atoms with Gasteiger partial charge in [-0.2, -0.15) is 5.10 Å². The summed E-state index contributed by atoms with van der Waals surface area (Å²) in [5.74, 6) is -0.461. The van der Waals surface area contributed by atoms with Gasteiger partial charge in [0.1, 0.15) is 5.54 Å². The maximum atomic E-state index is 12.8. The number of urea groups is 1. The molecule has 8 nitrogen and oxygen atoms in total. The number of hydrogen-bond acceptors (Lipinski definition) is 4. The van der Waals surface area contributed by atoms with Gasteiger partial charge in [-0.05, 0) is 18.6 Å². The summed E-state index contributed by atoms with van der Waals surface area (Å²) in [5.41, 5.74) is 0.231. The average Bonchev–Trinajstić information content (AvgIpc) is 3.22. The number of hydrogen-bond donors (Lipinski definition) is 1. The Morgan fingerprint density at radius 2 is 2.17 bits per heavy atom. The molecule has 1 atom stereocenters. The molecule has 1 unspecified atom stereocenters. The van der Waals surface area contributed by atoms with Crippen LogP contribution >= 0.6 is 0 Å². The molecule has 8 heteroatoms. The minimum atomic E-state index is -0.982. The molecule has 0 bridgehead atoms. The predicted molar refractivity (Wildman–Crippen MR) is 79.7 cm³/mol. The highest BCUT2D eigenvalue weighted by molar-refractivity contribution is 6.08. The second-order valence-electron chi connectivity index (χ2n) is 5.94. The summed E-state index contributed by atoms with van der Waals surface area (Å²) in [6.45, 7) is 0.605. The van der Waals surface area contributed by atoms with E-state index in [4.69, 9.17) is 0 Å². The van der Waals surface area contributed by atoms with E-state index in [1.165, 1.54) is 13.2 Å². The number of imide groups is 1. The fraction of sp³-hybridized carbons (Fsp3) is 0.333. The quantitative estimate of drug-likeness (QED) is 0.757. The first-order chi connectivity index (χ1) is 11.0. The molecule has 2 aliphatic heterocycles. The Labute approximate surface area is 131 Å². The molecule has 2 aliphatic rings. The molecule has 2 aromatic rings. The van der Waals surface area contributed by atoms with Gasteiger partial charge in [-0.15, -0.1) is 0 Å². The average molecular weight is 313 g/mol. The van der Waals surface area contributed by atoms with Crippen LogP contribution in [-0.2, 0) is 4.79 Å². The molecule has 0 aliphatic carbocycles. The summed E-state index contributed by atoms with van der Waals surface area (Å²) in [6, 6.07) is 5.08. The Morgan fingerprint density at radius 3 is 2.91 bits per heavy atom. The molecular formula is C15H15N5O3. The van der Waals surface area contributed by atoms with E-state index >= 15 is 0 Å². The first kappa shape index (κ1) is 13.7. The molecule has 2 saturated heterocycles. The molecule has 1 spiro atoms. The maximum absolute atomic E-state index is 12.8. The van der Waals surface area contributed by atoms with Gasteiger partial charge >= 0.3 is 6.03 Å². The van der Waals surface area contributed by atoms with Gasteiger partial charge in [0.25, 0.3) is 11.8 Å². The van der Waals surface area contributed by atoms with Crippen LogP contribution in [0.1, 0.15) is 16.8 Å². The summed E-state index contributed by atoms with van der Waals surface area (Å²) in [6.07, 6.45) is 3.73. The molecule has 4 heterocycles. The van der Waals surface area contributed by atoms with Gasteiger partial charge in [-0.1, -0.05) is 6.07 Å². The van der Waals surface area contributed by atoms with E-state index in [9.17, 15) is 14.4 Å². The van der Waals surface area contributed by atoms with Gasteiger partial charge < -0.3 is 10.2 Å². The zero-order valence-electron chi connectivity index (χ0n) is 12.5. The minimum Gasteiger partial charge on any atom is -0.336 e. The Morgan fingerprint density at radius 1 is 1.35 bits per heavy atom. The van der Waals surface area contributed by atoms with Crippen LogP contribution in [0, 0.1) is 0 Å². The number of fused-ring (bicyclic) bond motifs is 1. The Hall–Kier alpha value is -2.90. The van der Waals surface area contributed by atoms with Crippen molar-refractivity contribution in [2.24, 2.45) is 0 Å². The van der Waals surface area contributed by atoms with Crippen LogP contribution in [-0.4, -0.2) is 62.9 Å². The number of likely N-dealkylation sites (tertiary alicyclic amines) is 1. The molecule has 0 radical (unpaired) electrons. The number of likely N-dealkylation sites (N-methyl/N-ethyl adjacent to an activating group) is 1. The number of aromatic nitrogens is 2. The number of nitrogens with zero attached hydrogens (tertiary/aromatic N) is 4. The van der Waals surface area contributed by atoms with Crippen LogP contribution in [0.4, 0.5) is 4.79 Å². The van der Waals surface area contributed by atoms with Crippen LogP contribution in [0.2, 0.25) is 0 Å². The number of carbonyl (C=O) groups excluding carboxylic acids is 3. The van der Waals surface area contributed by atoms with Crippen LogP contribution in [0.3, 0.4) is 0 Å². The Balaban J connectivity index is 1.62. The largest absolute Gasteiger partial charge is 0.336 e. The van der Waals surface area contributed by atoms with Crippen molar-refractivity contribution in [3.05, 3.63) is 36.2 Å². The van der Waals surface area contributed by atoms with E-state index < -0.39 is 11.6 Å². The monoisotopic (exact) mass is 313 g/mol. The molecule has 23 heavy (non-hydrogen) atoms. The minimum absolute atomic E-state index is 0.181. The lowest BCUT2D eigenvalue weighted by Gasteiger charge is -2.21. The SMILES string of the molecule is CN1C(=O)NC2(CCN(C(=O)c3cnn4ccccc34)C2)C1=O.